The Balaban J connectivity index is 0.000000719. The third-order valence-corrected chi connectivity index (χ3v) is 9.86. The summed E-state index contributed by atoms with van der Waals surface area (Å²) >= 11 is 0. The van der Waals surface area contributed by atoms with Crippen LogP contribution in [0.5, 0.6) is 11.5 Å². The number of aliphatic hydroxyl groups is 2. The van der Waals surface area contributed by atoms with Gasteiger partial charge in [-0.05, 0) is 68.0 Å². The van der Waals surface area contributed by atoms with Gasteiger partial charge in [-0.25, -0.2) is 9.78 Å². The number of likely N-dealkylation sites (N-methyl/N-ethyl adjacent to an activating group) is 1. The summed E-state index contributed by atoms with van der Waals surface area (Å²) in [5.41, 5.74) is 3.13. The lowest BCUT2D eigenvalue weighted by molar-refractivity contribution is -0.192. The molecule has 2 aliphatic heterocycles. The number of anilines is 2. The number of methoxy groups -OCH3 is 2. The van der Waals surface area contributed by atoms with E-state index < -0.39 is 36.7 Å². The molecule has 0 radical (unpaired) electrons. The fourth-order valence-electron chi connectivity index (χ4n) is 6.61. The minimum absolute atomic E-state index is 0.0628. The molecule has 4 N–H and O–H groups in total. The number of carboxylic acids is 1. The van der Waals surface area contributed by atoms with Gasteiger partial charge in [0.15, 0.2) is 29.3 Å². The van der Waals surface area contributed by atoms with Crippen molar-refractivity contribution in [1.82, 2.24) is 44.6 Å². The number of aryl methyl sites for hydroxylation is 1. The second-order valence-corrected chi connectivity index (χ2v) is 13.6. The van der Waals surface area contributed by atoms with Crippen LogP contribution in [0.25, 0.3) is 11.2 Å². The number of aliphatic hydroxyl groups excluding tert-OH is 2. The monoisotopic (exact) mass is 799 g/mol. The van der Waals surface area contributed by atoms with Gasteiger partial charge in [0.25, 0.3) is 0 Å². The van der Waals surface area contributed by atoms with Crippen molar-refractivity contribution < 1.29 is 47.5 Å². The molecule has 2 aromatic carbocycles. The molecule has 2 saturated heterocycles. The van der Waals surface area contributed by atoms with Gasteiger partial charge in [0.2, 0.25) is 11.8 Å². The number of imidazole rings is 1. The van der Waals surface area contributed by atoms with Crippen molar-refractivity contribution in [2.75, 3.05) is 58.2 Å². The highest BCUT2D eigenvalue weighted by atomic mass is 19.4. The molecule has 5 aromatic rings. The molecule has 18 nitrogen and oxygen atoms in total. The zero-order valence-corrected chi connectivity index (χ0v) is 31.8. The fourth-order valence-corrected chi connectivity index (χ4v) is 6.61. The van der Waals surface area contributed by atoms with E-state index >= 15 is 0 Å². The number of benzene rings is 2. The van der Waals surface area contributed by atoms with Crippen LogP contribution in [0.1, 0.15) is 48.5 Å². The highest BCUT2D eigenvalue weighted by molar-refractivity contribution is 5.84. The van der Waals surface area contributed by atoms with Gasteiger partial charge in [-0.2, -0.15) is 27.9 Å². The zero-order chi connectivity index (χ0) is 41.0. The van der Waals surface area contributed by atoms with E-state index in [0.717, 1.165) is 42.1 Å². The topological polar surface area (TPSA) is 211 Å². The summed E-state index contributed by atoms with van der Waals surface area (Å²) in [5.74, 6) is 0.00501. The first-order valence-corrected chi connectivity index (χ1v) is 18.0. The Kier molecular flexibility index (Phi) is 12.4. The summed E-state index contributed by atoms with van der Waals surface area (Å²) in [5, 5.41) is 45.3. The number of nitrogens with zero attached hydrogens (tertiary/aromatic N) is 10. The highest BCUT2D eigenvalue weighted by Crippen LogP contribution is 2.39. The fraction of sp³-hybridized carbons (Fsp3) is 0.472. The number of hydrogen-bond acceptors (Lipinski definition) is 15. The van der Waals surface area contributed by atoms with Crippen molar-refractivity contribution in [2.24, 2.45) is 0 Å². The number of ether oxygens (including phenoxy) is 3. The Bertz CT molecular complexity index is 2070. The molecular formula is C36H44F3N11O7. The van der Waals surface area contributed by atoms with Gasteiger partial charge in [-0.3, -0.25) is 4.57 Å². The number of aromatic nitrogens is 8. The maximum Gasteiger partial charge on any atom is 0.490 e. The van der Waals surface area contributed by atoms with Crippen molar-refractivity contribution in [3.63, 3.8) is 0 Å². The quantitative estimate of drug-likeness (QED) is 0.143. The van der Waals surface area contributed by atoms with Gasteiger partial charge in [-0.15, -0.1) is 10.2 Å². The number of carbonyl (C=O) groups is 1. The van der Waals surface area contributed by atoms with Crippen LogP contribution in [0.15, 0.2) is 54.9 Å². The number of carboxylic acid groups (broad SMARTS) is 1. The first-order chi connectivity index (χ1) is 27.2. The summed E-state index contributed by atoms with van der Waals surface area (Å²) in [4.78, 5) is 29.4. The van der Waals surface area contributed by atoms with Crippen LogP contribution >= 0.6 is 0 Å². The molecule has 2 fully saturated rings. The smallest absolute Gasteiger partial charge is 0.490 e. The molecule has 21 heteroatoms. The molecular weight excluding hydrogens is 755 g/mol. The van der Waals surface area contributed by atoms with Gasteiger partial charge in [-0.1, -0.05) is 24.3 Å². The number of fused-ring (bicyclic) bond motifs is 1. The van der Waals surface area contributed by atoms with Crippen molar-refractivity contribution in [3.05, 3.63) is 71.8 Å². The Hall–Kier alpha value is -5.64. The summed E-state index contributed by atoms with van der Waals surface area (Å²) in [6.07, 6.45) is -7.15. The van der Waals surface area contributed by atoms with E-state index in [1.54, 1.807) is 25.1 Å². The summed E-state index contributed by atoms with van der Waals surface area (Å²) < 4.78 is 50.4. The third-order valence-electron chi connectivity index (χ3n) is 9.86. The molecule has 306 valence electrons. The standard InChI is InChI=1S/C34H43N11O5.C2HF3O2/c1-6-45-40-31(39-41-45)29-27(46)28(47)33(50-29)44-19-36-26-30(37-34(38-32(26)44)43-16-15-22(18-43)42(2)3)35-17-25(20-7-11-23(48-4)12-8-20)21-9-13-24(49-5)14-10-21;3-2(4,5)1(6)7/h7-14,19,22,25,27-29,33,46-47H,6,15-18H2,1-5H3,(H,35,37,38);(H,6,7)/t22-,27+,28-,29+,33-;/m1./s1. The van der Waals surface area contributed by atoms with E-state index in [0.29, 0.717) is 42.1 Å². The van der Waals surface area contributed by atoms with Crippen molar-refractivity contribution in [1.29, 1.82) is 0 Å². The van der Waals surface area contributed by atoms with Gasteiger partial charge < -0.3 is 44.6 Å². The Morgan fingerprint density at radius 2 is 1.63 bits per heavy atom. The van der Waals surface area contributed by atoms with Gasteiger partial charge in [0.1, 0.15) is 23.7 Å². The number of rotatable bonds is 12. The number of nitrogens with one attached hydrogen (secondary N) is 1. The van der Waals surface area contributed by atoms with E-state index in [-0.39, 0.29) is 11.7 Å². The summed E-state index contributed by atoms with van der Waals surface area (Å²) in [6, 6.07) is 16.4. The number of aliphatic carboxylic acids is 1. The first-order valence-electron chi connectivity index (χ1n) is 18.0. The second-order valence-electron chi connectivity index (χ2n) is 13.6. The molecule has 5 heterocycles. The minimum Gasteiger partial charge on any atom is -0.497 e. The average Bonchev–Trinajstić information content (AvgIpc) is 4.02. The predicted octanol–water partition coefficient (Wildman–Crippen LogP) is 2.86. The highest BCUT2D eigenvalue weighted by Gasteiger charge is 2.47. The number of alkyl halides is 3. The van der Waals surface area contributed by atoms with Crippen LogP contribution in [0, 0.1) is 0 Å². The molecule has 0 amide bonds. The SMILES string of the molecule is CCn1nnc([C@H]2O[C@@H](n3cnc4c(NCC(c5ccc(OC)cc5)c5ccc(OC)cc5)nc(N5CC[C@@H](N(C)C)C5)nc43)[C@H](O)[C@@H]2O)n1.O=C(O)C(F)(F)F. The molecule has 0 bridgehead atoms. The van der Waals surface area contributed by atoms with Crippen LogP contribution in [0.4, 0.5) is 24.9 Å². The van der Waals surface area contributed by atoms with E-state index in [1.165, 1.54) is 4.80 Å². The molecule has 3 aromatic heterocycles. The molecule has 0 unspecified atom stereocenters. The lowest BCUT2D eigenvalue weighted by Gasteiger charge is -2.23. The Morgan fingerprint density at radius 3 is 2.14 bits per heavy atom. The predicted molar refractivity (Wildman–Crippen MR) is 198 cm³/mol. The average molecular weight is 800 g/mol. The molecule has 0 saturated carbocycles. The van der Waals surface area contributed by atoms with Crippen molar-refractivity contribution in [2.45, 2.75) is 62.6 Å². The number of halogens is 3. The molecule has 0 spiro atoms. The molecule has 57 heavy (non-hydrogen) atoms. The van der Waals surface area contributed by atoms with Crippen molar-refractivity contribution in [3.8, 4) is 11.5 Å². The maximum atomic E-state index is 11.2. The zero-order valence-electron chi connectivity index (χ0n) is 31.8. The Morgan fingerprint density at radius 1 is 1.02 bits per heavy atom. The largest absolute Gasteiger partial charge is 0.497 e. The van der Waals surface area contributed by atoms with Gasteiger partial charge in [0, 0.05) is 31.6 Å². The molecule has 7 rings (SSSR count). The maximum absolute atomic E-state index is 11.2. The van der Waals surface area contributed by atoms with Gasteiger partial charge in [0.05, 0.1) is 27.1 Å². The van der Waals surface area contributed by atoms with Crippen LogP contribution in [0.2, 0.25) is 0 Å². The molecule has 5 atom stereocenters. The van der Waals surface area contributed by atoms with E-state index in [9.17, 15) is 23.4 Å². The Labute approximate surface area is 324 Å². The minimum atomic E-state index is -5.08. The summed E-state index contributed by atoms with van der Waals surface area (Å²) in [7, 11) is 7.46. The second kappa shape index (κ2) is 17.2. The van der Waals surface area contributed by atoms with Gasteiger partial charge >= 0.3 is 12.1 Å². The van der Waals surface area contributed by atoms with Crippen LogP contribution in [-0.4, -0.2) is 138 Å². The van der Waals surface area contributed by atoms with E-state index in [2.05, 4.69) is 68.9 Å². The third kappa shape index (κ3) is 9.01. The molecule has 0 aliphatic carbocycles. The summed E-state index contributed by atoms with van der Waals surface area (Å²) in [6.45, 7) is 4.41. The van der Waals surface area contributed by atoms with Crippen LogP contribution in [-0.2, 0) is 16.1 Å². The lowest BCUT2D eigenvalue weighted by Crippen LogP contribution is -2.32. The first kappa shape index (κ1) is 41.0. The van der Waals surface area contributed by atoms with E-state index in [1.807, 2.05) is 31.2 Å². The van der Waals surface area contributed by atoms with E-state index in [4.69, 9.17) is 39.1 Å². The molecule has 2 aliphatic rings. The number of tetrazole rings is 1. The van der Waals surface area contributed by atoms with Crippen LogP contribution in [0.3, 0.4) is 0 Å². The number of hydrogen-bond donors (Lipinski definition) is 4. The van der Waals surface area contributed by atoms with Crippen molar-refractivity contribution >= 4 is 28.9 Å². The lowest BCUT2D eigenvalue weighted by atomic mass is 9.91. The normalized spacial score (nSPS) is 20.9. The van der Waals surface area contributed by atoms with Crippen LogP contribution < -0.4 is 19.7 Å².